The maximum Gasteiger partial charge on any atom is 0.189 e. The second kappa shape index (κ2) is 6.75. The van der Waals surface area contributed by atoms with Crippen molar-refractivity contribution in [3.63, 3.8) is 0 Å². The molecule has 1 fully saturated rings. The number of hydrogen-bond donors (Lipinski definition) is 0. The Morgan fingerprint density at radius 3 is 2.59 bits per heavy atom. The molecular weight excluding hydrogens is 305 g/mol. The largest absolute Gasteiger partial charge is 0.316 e. The molecular formula is C15H20FN3O2S. The number of nitrogens with zero attached hydrogens (tertiary/aromatic N) is 3. The van der Waals surface area contributed by atoms with E-state index in [2.05, 4.69) is 33.3 Å². The number of fused-ring (bicyclic) bond motifs is 1. The smallest absolute Gasteiger partial charge is 0.189 e. The number of aldehydes is 1. The summed E-state index contributed by atoms with van der Waals surface area (Å²) in [4.78, 5) is 23.0. The molecule has 0 radical (unpaired) electrons. The molecule has 5 nitrogen and oxygen atoms in total. The van der Waals surface area contributed by atoms with E-state index in [1.54, 1.807) is 0 Å². The fourth-order valence-corrected chi connectivity index (χ4v) is 3.17. The normalized spacial score (nSPS) is 15.5. The third kappa shape index (κ3) is 2.87. The summed E-state index contributed by atoms with van der Waals surface area (Å²) in [5, 5.41) is 1.70. The molecule has 0 spiro atoms. The summed E-state index contributed by atoms with van der Waals surface area (Å²) in [5.41, 5.74) is 1.68. The molecule has 1 saturated carbocycles. The average Bonchev–Trinajstić information content (AvgIpc) is 3.23. The van der Waals surface area contributed by atoms with Crippen LogP contribution in [-0.2, 0) is 10.5 Å². The highest BCUT2D eigenvalue weighted by Gasteiger charge is 2.49. The van der Waals surface area contributed by atoms with Gasteiger partial charge in [0, 0.05) is 17.1 Å². The third-order valence-electron chi connectivity index (χ3n) is 4.13. The van der Waals surface area contributed by atoms with Crippen LogP contribution >= 0.6 is 11.8 Å². The van der Waals surface area contributed by atoms with Crippen LogP contribution in [0, 0.1) is 5.92 Å². The lowest BCUT2D eigenvalue weighted by molar-refractivity contribution is -0.0960. The maximum atomic E-state index is 11.4. The summed E-state index contributed by atoms with van der Waals surface area (Å²) >= 11 is 1.52. The van der Waals surface area contributed by atoms with E-state index in [0.717, 1.165) is 42.4 Å². The first-order chi connectivity index (χ1) is 10.5. The summed E-state index contributed by atoms with van der Waals surface area (Å²) in [6, 6.07) is 1.90. The lowest BCUT2D eigenvalue weighted by Crippen LogP contribution is -2.25. The molecule has 0 unspecified atom stereocenters. The van der Waals surface area contributed by atoms with Crippen molar-refractivity contribution < 1.29 is 14.3 Å². The van der Waals surface area contributed by atoms with Crippen molar-refractivity contribution in [1.82, 2.24) is 14.5 Å². The molecule has 1 aliphatic rings. The van der Waals surface area contributed by atoms with Crippen LogP contribution in [0.5, 0.6) is 0 Å². The summed E-state index contributed by atoms with van der Waals surface area (Å²) in [7, 11) is 0.958. The summed E-state index contributed by atoms with van der Waals surface area (Å²) in [6.07, 6.45) is 6.95. The second-order valence-electron chi connectivity index (χ2n) is 5.57. The van der Waals surface area contributed by atoms with Gasteiger partial charge in [0.25, 0.3) is 0 Å². The van der Waals surface area contributed by atoms with E-state index in [0.29, 0.717) is 11.6 Å². The lowest BCUT2D eigenvalue weighted by atomic mass is 10.0. The van der Waals surface area contributed by atoms with Gasteiger partial charge in [0.15, 0.2) is 11.4 Å². The molecule has 2 aromatic rings. The zero-order valence-electron chi connectivity index (χ0n) is 13.2. The molecule has 0 aromatic carbocycles. The van der Waals surface area contributed by atoms with Gasteiger partial charge in [0.2, 0.25) is 0 Å². The van der Waals surface area contributed by atoms with Crippen molar-refractivity contribution in [2.24, 2.45) is 5.92 Å². The zero-order valence-corrected chi connectivity index (χ0v) is 14.0. The number of carbonyl (C=O) groups excluding carboxylic acids is 1. The molecule has 2 heterocycles. The molecule has 1 aliphatic carbocycles. The molecule has 22 heavy (non-hydrogen) atoms. The van der Waals surface area contributed by atoms with Crippen molar-refractivity contribution in [2.75, 3.05) is 13.4 Å². The van der Waals surface area contributed by atoms with Crippen molar-refractivity contribution in [3.05, 3.63) is 18.0 Å². The van der Waals surface area contributed by atoms with Gasteiger partial charge in [-0.2, -0.15) is 4.94 Å². The first-order valence-corrected chi connectivity index (χ1v) is 8.29. The van der Waals surface area contributed by atoms with E-state index in [9.17, 15) is 9.32 Å². The number of halogens is 1. The van der Waals surface area contributed by atoms with Gasteiger partial charge in [0.1, 0.15) is 5.65 Å². The van der Waals surface area contributed by atoms with E-state index in [-0.39, 0.29) is 5.54 Å². The van der Waals surface area contributed by atoms with Gasteiger partial charge < -0.3 is 4.57 Å². The lowest BCUT2D eigenvalue weighted by Gasteiger charge is -2.24. The van der Waals surface area contributed by atoms with Gasteiger partial charge >= 0.3 is 0 Å². The minimum Gasteiger partial charge on any atom is -0.316 e. The Balaban J connectivity index is 0.000000545. The van der Waals surface area contributed by atoms with E-state index in [4.69, 9.17) is 0 Å². The summed E-state index contributed by atoms with van der Waals surface area (Å²) < 4.78 is 11.9. The molecule has 3 rings (SSSR count). The predicted molar refractivity (Wildman–Crippen MR) is 84.9 cm³/mol. The highest BCUT2D eigenvalue weighted by molar-refractivity contribution is 7.98. The van der Waals surface area contributed by atoms with E-state index in [1.807, 2.05) is 18.5 Å². The minimum atomic E-state index is 0.0715. The van der Waals surface area contributed by atoms with Crippen LogP contribution in [0.25, 0.3) is 11.0 Å². The Morgan fingerprint density at radius 1 is 1.50 bits per heavy atom. The number of rotatable bonds is 4. The van der Waals surface area contributed by atoms with Crippen LogP contribution in [0.2, 0.25) is 0 Å². The second-order valence-corrected chi connectivity index (χ2v) is 6.34. The Morgan fingerprint density at radius 2 is 2.14 bits per heavy atom. The summed E-state index contributed by atoms with van der Waals surface area (Å²) in [5.74, 6) is 0.495. The molecule has 7 heteroatoms. The standard InChI is InChI=1S/C14H17N3OS.CH3FO/c1-9(2)14(4-5-14)17-11(8-18)6-10-7-15-13(19-3)16-12(10)17;1-3-2/h6-9H,4-5H2,1-3H3;1H3. The van der Waals surface area contributed by atoms with Crippen molar-refractivity contribution >= 4 is 29.1 Å². The molecule has 0 bridgehead atoms. The van der Waals surface area contributed by atoms with Gasteiger partial charge in [-0.3, -0.25) is 4.79 Å². The first-order valence-electron chi connectivity index (χ1n) is 7.07. The van der Waals surface area contributed by atoms with Gasteiger partial charge in [-0.1, -0.05) is 25.6 Å². The highest BCUT2D eigenvalue weighted by atomic mass is 32.2. The molecule has 0 saturated heterocycles. The SMILES string of the molecule is COF.CSc1ncc2cc(C=O)n(C3(C(C)C)CC3)c2n1. The van der Waals surface area contributed by atoms with E-state index in [1.165, 1.54) is 11.8 Å². The van der Waals surface area contributed by atoms with Crippen molar-refractivity contribution in [2.45, 2.75) is 37.4 Å². The monoisotopic (exact) mass is 325 g/mol. The molecule has 0 aliphatic heterocycles. The summed E-state index contributed by atoms with van der Waals surface area (Å²) in [6.45, 7) is 4.42. The topological polar surface area (TPSA) is 57.0 Å². The van der Waals surface area contributed by atoms with Gasteiger partial charge in [0.05, 0.1) is 12.8 Å². The van der Waals surface area contributed by atoms with E-state index >= 15 is 0 Å². The molecule has 120 valence electrons. The number of thioether (sulfide) groups is 1. The molecule has 0 N–H and O–H groups in total. The first kappa shape index (κ1) is 16.9. The van der Waals surface area contributed by atoms with Gasteiger partial charge in [-0.25, -0.2) is 9.97 Å². The minimum absolute atomic E-state index is 0.0715. The number of hydrogen-bond acceptors (Lipinski definition) is 5. The van der Waals surface area contributed by atoms with Crippen molar-refractivity contribution in [3.8, 4) is 0 Å². The van der Waals surface area contributed by atoms with Crippen LogP contribution in [0.4, 0.5) is 4.53 Å². The molecule has 2 aromatic heterocycles. The fourth-order valence-electron chi connectivity index (χ4n) is 2.83. The fraction of sp³-hybridized carbons (Fsp3) is 0.533. The Hall–Kier alpha value is -1.47. The van der Waals surface area contributed by atoms with Crippen LogP contribution in [0.1, 0.15) is 37.2 Å². The quantitative estimate of drug-likeness (QED) is 0.488. The third-order valence-corrected chi connectivity index (χ3v) is 4.69. The average molecular weight is 325 g/mol. The predicted octanol–water partition coefficient (Wildman–Crippen LogP) is 3.63. The van der Waals surface area contributed by atoms with Gasteiger partial charge in [-0.15, -0.1) is 0 Å². The maximum absolute atomic E-state index is 11.4. The highest BCUT2D eigenvalue weighted by Crippen LogP contribution is 2.51. The number of aromatic nitrogens is 3. The van der Waals surface area contributed by atoms with Crippen LogP contribution in [0.15, 0.2) is 17.4 Å². The zero-order chi connectivity index (χ0) is 16.3. The number of carbonyl (C=O) groups is 1. The van der Waals surface area contributed by atoms with E-state index < -0.39 is 0 Å². The Bertz CT molecular complexity index is 668. The van der Waals surface area contributed by atoms with Gasteiger partial charge in [-0.05, 0) is 35.6 Å². The van der Waals surface area contributed by atoms with Crippen LogP contribution < -0.4 is 0 Å². The Labute approximate surface area is 133 Å². The Kier molecular flexibility index (Phi) is 5.18. The van der Waals surface area contributed by atoms with Crippen LogP contribution in [0.3, 0.4) is 0 Å². The molecule has 0 atom stereocenters. The van der Waals surface area contributed by atoms with Crippen LogP contribution in [-0.4, -0.2) is 34.2 Å². The van der Waals surface area contributed by atoms with Crippen molar-refractivity contribution in [1.29, 1.82) is 0 Å². The molecule has 0 amide bonds.